The van der Waals surface area contributed by atoms with Gasteiger partial charge in [0.05, 0.1) is 44.4 Å². The van der Waals surface area contributed by atoms with Crippen LogP contribution in [0.4, 0.5) is 0 Å². The van der Waals surface area contributed by atoms with Crippen LogP contribution in [-0.2, 0) is 81.2 Å². The van der Waals surface area contributed by atoms with Gasteiger partial charge in [0.1, 0.15) is 36.0 Å². The molecule has 2 aromatic carbocycles. The number of hydrogen-bond acceptors (Lipinski definition) is 21. The van der Waals surface area contributed by atoms with E-state index in [0.29, 0.717) is 99.0 Å². The van der Waals surface area contributed by atoms with Gasteiger partial charge in [-0.05, 0) is 86.4 Å². The largest absolute Gasteiger partial charge is 0.480 e. The number of hydrogen-bond donors (Lipinski definition) is 11. The van der Waals surface area contributed by atoms with Crippen molar-refractivity contribution in [2.75, 3.05) is 115 Å². The Bertz CT molecular complexity index is 3050. The van der Waals surface area contributed by atoms with Crippen LogP contribution in [0, 0.1) is 0 Å². The average molecular weight is 1450 g/mol. The van der Waals surface area contributed by atoms with Gasteiger partial charge in [0.2, 0.25) is 47.3 Å². The van der Waals surface area contributed by atoms with Gasteiger partial charge in [-0.25, -0.2) is 0 Å². The number of benzene rings is 2. The predicted octanol–water partition coefficient (Wildman–Crippen LogP) is 0.0585. The topological polar surface area (TPSA) is 417 Å². The van der Waals surface area contributed by atoms with Crippen LogP contribution in [0.15, 0.2) is 48.5 Å². The molecule has 8 amide bonds. The highest BCUT2D eigenvalue weighted by Gasteiger charge is 2.43. The molecule has 0 unspecified atom stereocenters. The molecule has 3 fully saturated rings. The minimum atomic E-state index is -1.64. The molecule has 8 atom stereocenters. The van der Waals surface area contributed by atoms with E-state index < -0.39 is 102 Å². The fraction of sp³-hybridized carbons (Fsp3) is 0.647. The molecule has 100 heavy (non-hydrogen) atoms. The fourth-order valence-corrected chi connectivity index (χ4v) is 15.6. The maximum atomic E-state index is 14.7. The molecule has 3 saturated heterocycles. The van der Waals surface area contributed by atoms with Crippen LogP contribution in [0.2, 0.25) is 0 Å². The molecule has 32 heteroatoms. The number of carboxylic acids is 3. The standard InChI is InChI=1S/C68H103N13O16S3/c1-3-4-6-17-58(85)71-50-35-80-20-9-16-56(80)68(97)81-21-10-15-55(81)66(95)75-62(45(2)82)67(96)72-52(18-19-57(69)84)64(93)73-53(34-46-12-7-5-8-13-46)65(94)74-54(63(70)92)44-100-42-49-32-47(31-48(33-49)41-99-43-50)40-98-30-11-14-51(83)36-76-22-24-77(37-59(86)87)26-28-79(39-61(90)91)29-27-78(25-23-76)38-60(88)89/h5,7-8,12-13,31-33,45,50,52-56,62,82H,3-4,6,9-11,14-30,34-44H2,1-2H3,(H2,69,84)(H2,70,92)(H,71,85)(H,72,96)(H,73,93)(H,74,94)(H,75,95)(H,86,87)(H,88,89)(H,90,91)/t45-,50-,52+,53+,54+,55+,56+,62+/m1/s1. The van der Waals surface area contributed by atoms with E-state index >= 15 is 0 Å². The molecule has 4 aliphatic rings. The number of rotatable bonds is 26. The monoisotopic (exact) mass is 1450 g/mol. The van der Waals surface area contributed by atoms with Crippen LogP contribution < -0.4 is 38.1 Å². The summed E-state index contributed by atoms with van der Waals surface area (Å²) in [6, 6.07) is 7.12. The van der Waals surface area contributed by atoms with Gasteiger partial charge in [-0.3, -0.25) is 82.0 Å². The minimum Gasteiger partial charge on any atom is -0.480 e. The Kier molecular flexibility index (Phi) is 35.4. The number of carbonyl (C=O) groups is 12. The Balaban J connectivity index is 1.24. The summed E-state index contributed by atoms with van der Waals surface area (Å²) in [5, 5.41) is 53.8. The van der Waals surface area contributed by atoms with Gasteiger partial charge in [-0.1, -0.05) is 68.3 Å². The van der Waals surface area contributed by atoms with E-state index in [9.17, 15) is 78.0 Å². The summed E-state index contributed by atoms with van der Waals surface area (Å²) in [6.45, 7) is 5.95. The molecule has 0 aliphatic carbocycles. The first-order chi connectivity index (χ1) is 47.8. The normalized spacial score (nSPS) is 23.7. The van der Waals surface area contributed by atoms with Crippen molar-refractivity contribution in [3.63, 3.8) is 0 Å². The number of primary amides is 2. The zero-order valence-corrected chi connectivity index (χ0v) is 60.0. The van der Waals surface area contributed by atoms with Gasteiger partial charge in [0.15, 0.2) is 0 Å². The van der Waals surface area contributed by atoms with Crippen LogP contribution >= 0.6 is 35.3 Å². The lowest BCUT2D eigenvalue weighted by molar-refractivity contribution is -0.143. The second-order valence-electron chi connectivity index (χ2n) is 26.2. The zero-order valence-electron chi connectivity index (χ0n) is 57.5. The molecular formula is C68H103N13O16S3. The minimum absolute atomic E-state index is 0.0120. The second kappa shape index (κ2) is 43.1. The molecule has 13 N–H and O–H groups in total. The summed E-state index contributed by atoms with van der Waals surface area (Å²) in [5.74, 6) is -6.06. The van der Waals surface area contributed by atoms with Crippen molar-refractivity contribution in [3.8, 4) is 0 Å². The molecule has 4 heterocycles. The quantitative estimate of drug-likeness (QED) is 0.0555. The summed E-state index contributed by atoms with van der Waals surface area (Å²) in [7, 11) is 0. The van der Waals surface area contributed by atoms with Crippen molar-refractivity contribution < 1.29 is 78.0 Å². The first kappa shape index (κ1) is 82.0. The van der Waals surface area contributed by atoms with Gasteiger partial charge in [0, 0.05) is 120 Å². The highest BCUT2D eigenvalue weighted by atomic mass is 32.2. The van der Waals surface area contributed by atoms with E-state index in [-0.39, 0.29) is 127 Å². The van der Waals surface area contributed by atoms with Crippen molar-refractivity contribution in [3.05, 3.63) is 70.8 Å². The summed E-state index contributed by atoms with van der Waals surface area (Å²) >= 11 is 4.59. The van der Waals surface area contributed by atoms with Crippen molar-refractivity contribution in [2.24, 2.45) is 11.5 Å². The smallest absolute Gasteiger partial charge is 0.317 e. The molecular weight excluding hydrogens is 1350 g/mol. The van der Waals surface area contributed by atoms with Crippen molar-refractivity contribution in [1.82, 2.24) is 56.0 Å². The summed E-state index contributed by atoms with van der Waals surface area (Å²) in [6.07, 6.45) is 3.24. The van der Waals surface area contributed by atoms with E-state index in [1.807, 2.05) is 4.90 Å². The molecule has 0 aromatic heterocycles. The molecule has 6 rings (SSSR count). The molecule has 0 saturated carbocycles. The number of aliphatic hydroxyl groups excluding tert-OH is 1. The van der Waals surface area contributed by atoms with Gasteiger partial charge in [-0.15, -0.1) is 0 Å². The zero-order chi connectivity index (χ0) is 72.7. The molecule has 554 valence electrons. The number of ketones is 1. The summed E-state index contributed by atoms with van der Waals surface area (Å²) in [4.78, 5) is 171. The number of nitrogens with zero attached hydrogens (tertiary/aromatic N) is 6. The van der Waals surface area contributed by atoms with Crippen molar-refractivity contribution >= 4 is 106 Å². The van der Waals surface area contributed by atoms with E-state index in [2.05, 4.69) is 56.6 Å². The average Bonchev–Trinajstić information content (AvgIpc) is 1.65. The number of aliphatic hydroxyl groups is 1. The number of unbranched alkanes of at least 4 members (excludes halogenated alkanes) is 2. The summed E-state index contributed by atoms with van der Waals surface area (Å²) in [5.41, 5.74) is 15.0. The van der Waals surface area contributed by atoms with Gasteiger partial charge in [-0.2, -0.15) is 35.3 Å². The van der Waals surface area contributed by atoms with Crippen LogP contribution in [0.5, 0.6) is 0 Å². The maximum Gasteiger partial charge on any atom is 0.317 e. The van der Waals surface area contributed by atoms with Gasteiger partial charge in [0.25, 0.3) is 0 Å². The molecule has 2 bridgehead atoms. The van der Waals surface area contributed by atoms with Crippen molar-refractivity contribution in [2.45, 2.75) is 163 Å². The number of aliphatic carboxylic acids is 3. The fourth-order valence-electron chi connectivity index (χ4n) is 12.7. The molecule has 2 aromatic rings. The van der Waals surface area contributed by atoms with Gasteiger partial charge < -0.3 is 63.4 Å². The second-order valence-corrected chi connectivity index (χ2v) is 29.4. The Hall–Kier alpha value is -6.91. The van der Waals surface area contributed by atoms with Crippen LogP contribution in [-0.4, -0.2) is 285 Å². The number of Topliss-reactive ketones (excluding diaryl/α,β-unsaturated/α-hetero) is 1. The predicted molar refractivity (Wildman–Crippen MR) is 380 cm³/mol. The molecule has 29 nitrogen and oxygen atoms in total. The van der Waals surface area contributed by atoms with Crippen LogP contribution in [0.3, 0.4) is 0 Å². The van der Waals surface area contributed by atoms with E-state index in [1.165, 1.54) is 23.6 Å². The molecule has 0 radical (unpaired) electrons. The third-order valence-corrected chi connectivity index (χ3v) is 21.3. The lowest BCUT2D eigenvalue weighted by Gasteiger charge is -2.33. The highest BCUT2D eigenvalue weighted by Crippen LogP contribution is 2.28. The van der Waals surface area contributed by atoms with Gasteiger partial charge >= 0.3 is 17.9 Å². The number of nitrogens with one attached hydrogen (secondary N) is 5. The number of amides is 8. The number of nitrogens with two attached hydrogens (primary N) is 2. The lowest BCUT2D eigenvalue weighted by atomic mass is 10.0. The van der Waals surface area contributed by atoms with E-state index in [1.54, 1.807) is 68.6 Å². The Morgan fingerprint density at radius 2 is 1.18 bits per heavy atom. The third kappa shape index (κ3) is 29.2. The highest BCUT2D eigenvalue weighted by molar-refractivity contribution is 7.99. The Labute approximate surface area is 597 Å². The van der Waals surface area contributed by atoms with E-state index in [4.69, 9.17) is 11.5 Å². The molecule has 4 aliphatic heterocycles. The Morgan fingerprint density at radius 3 is 1.75 bits per heavy atom. The van der Waals surface area contributed by atoms with Crippen LogP contribution in [0.25, 0.3) is 0 Å². The van der Waals surface area contributed by atoms with Crippen molar-refractivity contribution in [1.29, 1.82) is 0 Å². The Morgan fingerprint density at radius 1 is 0.620 bits per heavy atom. The van der Waals surface area contributed by atoms with E-state index in [0.717, 1.165) is 29.5 Å². The van der Waals surface area contributed by atoms with Crippen LogP contribution in [0.1, 0.15) is 113 Å². The number of fused-ring (bicyclic) bond motifs is 4. The lowest BCUT2D eigenvalue weighted by Crippen LogP contribution is -2.61. The first-order valence-electron chi connectivity index (χ1n) is 34.6. The number of carbonyl (C=O) groups excluding carboxylic acids is 9. The first-order valence-corrected chi connectivity index (χ1v) is 38.1. The number of thioether (sulfide) groups is 3. The summed E-state index contributed by atoms with van der Waals surface area (Å²) < 4.78 is 0. The third-order valence-electron chi connectivity index (χ3n) is 17.9. The molecule has 0 spiro atoms. The maximum absolute atomic E-state index is 14.7. The SMILES string of the molecule is CCCCCC(=O)N[C@H]1CSCc2cc(CSCCCC(=O)CN3CCN(CC(=O)O)CCN(CC(=O)O)CCN(CC(=O)O)CC3)cc(c2)CSC[C@@H](C(N)=O)NC(=O)[C@H](Cc2ccccc2)NC(=O)[C@H](CCC(N)=O)NC(=O)[C@H]([C@@H](C)O)NC(=O)[C@@H]2CCCN2C(=O)[C@@H]2CCCN2C1. The number of carboxylic acid groups (broad SMARTS) is 3.